The highest BCUT2D eigenvalue weighted by atomic mass is 32.2. The van der Waals surface area contributed by atoms with Crippen molar-refractivity contribution in [2.45, 2.75) is 43.5 Å². The van der Waals surface area contributed by atoms with E-state index < -0.39 is 0 Å². The molecule has 0 radical (unpaired) electrons. The molecule has 0 spiro atoms. The molecule has 0 amide bonds. The second-order valence-corrected chi connectivity index (χ2v) is 6.19. The molecule has 2 atom stereocenters. The normalized spacial score (nSPS) is 25.1. The Bertz CT molecular complexity index is 337. The van der Waals surface area contributed by atoms with Crippen molar-refractivity contribution < 1.29 is 0 Å². The van der Waals surface area contributed by atoms with Gasteiger partial charge in [-0.15, -0.1) is 11.8 Å². The van der Waals surface area contributed by atoms with Crippen LogP contribution in [0.2, 0.25) is 0 Å². The molecule has 2 unspecified atom stereocenters. The minimum atomic E-state index is 0.748. The number of nitrogens with zero attached hydrogens (tertiary/aromatic N) is 2. The summed E-state index contributed by atoms with van der Waals surface area (Å²) in [6.45, 7) is 3.49. The summed E-state index contributed by atoms with van der Waals surface area (Å²) in [4.78, 5) is 1.27. The minimum Gasteiger partial charge on any atom is -0.313 e. The van der Waals surface area contributed by atoms with E-state index in [-0.39, 0.29) is 0 Å². The fourth-order valence-corrected chi connectivity index (χ4v) is 3.31. The van der Waals surface area contributed by atoms with E-state index in [0.717, 1.165) is 24.3 Å². The zero-order chi connectivity index (χ0) is 12.1. The topological polar surface area (TPSA) is 29.9 Å². The van der Waals surface area contributed by atoms with Gasteiger partial charge in [0, 0.05) is 36.5 Å². The van der Waals surface area contributed by atoms with E-state index in [1.54, 1.807) is 0 Å². The average Bonchev–Trinajstić information content (AvgIpc) is 2.73. The van der Waals surface area contributed by atoms with Gasteiger partial charge in [0.1, 0.15) is 0 Å². The van der Waals surface area contributed by atoms with Gasteiger partial charge in [-0.05, 0) is 18.8 Å². The molecule has 2 rings (SSSR count). The Morgan fingerprint density at radius 1 is 1.47 bits per heavy atom. The lowest BCUT2D eigenvalue weighted by molar-refractivity contribution is 0.285. The van der Waals surface area contributed by atoms with Crippen LogP contribution in [0.25, 0.3) is 0 Å². The van der Waals surface area contributed by atoms with E-state index in [0.29, 0.717) is 0 Å². The van der Waals surface area contributed by atoms with Gasteiger partial charge in [0.25, 0.3) is 0 Å². The summed E-state index contributed by atoms with van der Waals surface area (Å²) in [6.07, 6.45) is 9.59. The van der Waals surface area contributed by atoms with Crippen LogP contribution in [0, 0.1) is 5.92 Å². The number of thioether (sulfide) groups is 1. The van der Waals surface area contributed by atoms with Gasteiger partial charge in [0.15, 0.2) is 0 Å². The first-order chi connectivity index (χ1) is 8.25. The van der Waals surface area contributed by atoms with Crippen LogP contribution in [-0.4, -0.2) is 28.1 Å². The maximum atomic E-state index is 4.17. The van der Waals surface area contributed by atoms with Crippen LogP contribution >= 0.6 is 11.8 Å². The van der Waals surface area contributed by atoms with E-state index in [1.165, 1.54) is 30.6 Å². The first kappa shape index (κ1) is 13.0. The predicted molar refractivity (Wildman–Crippen MR) is 73.4 cm³/mol. The van der Waals surface area contributed by atoms with E-state index in [2.05, 4.69) is 23.5 Å². The fraction of sp³-hybridized carbons (Fsp3) is 0.769. The average molecular weight is 253 g/mol. The number of rotatable bonds is 5. The monoisotopic (exact) mass is 253 g/mol. The number of aryl methyl sites for hydroxylation is 1. The Hall–Kier alpha value is -0.480. The molecule has 0 saturated heterocycles. The third kappa shape index (κ3) is 4.03. The molecule has 3 nitrogen and oxygen atoms in total. The number of nitrogens with one attached hydrogen (secondary N) is 1. The van der Waals surface area contributed by atoms with Gasteiger partial charge in [-0.25, -0.2) is 0 Å². The van der Waals surface area contributed by atoms with Crippen molar-refractivity contribution in [3.05, 3.63) is 12.4 Å². The van der Waals surface area contributed by atoms with E-state index in [1.807, 2.05) is 29.7 Å². The molecule has 1 aliphatic rings. The predicted octanol–water partition coefficient (Wildman–Crippen LogP) is 2.68. The van der Waals surface area contributed by atoms with Crippen molar-refractivity contribution in [2.24, 2.45) is 13.0 Å². The van der Waals surface area contributed by atoms with Gasteiger partial charge in [0.05, 0.1) is 6.20 Å². The van der Waals surface area contributed by atoms with Crippen LogP contribution in [0.1, 0.15) is 32.6 Å². The summed E-state index contributed by atoms with van der Waals surface area (Å²) in [5, 5.41) is 7.87. The Morgan fingerprint density at radius 3 is 3.00 bits per heavy atom. The third-order valence-electron chi connectivity index (χ3n) is 3.57. The Labute approximate surface area is 108 Å². The SMILES string of the molecule is CC1CCCCC1NCCSc1cnn(C)c1. The quantitative estimate of drug-likeness (QED) is 0.646. The van der Waals surface area contributed by atoms with Crippen molar-refractivity contribution in [1.82, 2.24) is 15.1 Å². The lowest BCUT2D eigenvalue weighted by Crippen LogP contribution is -2.38. The van der Waals surface area contributed by atoms with Crippen LogP contribution in [-0.2, 0) is 7.05 Å². The van der Waals surface area contributed by atoms with Gasteiger partial charge >= 0.3 is 0 Å². The molecule has 0 bridgehead atoms. The summed E-state index contributed by atoms with van der Waals surface area (Å²) < 4.78 is 1.86. The van der Waals surface area contributed by atoms with Crippen molar-refractivity contribution in [1.29, 1.82) is 0 Å². The van der Waals surface area contributed by atoms with Crippen molar-refractivity contribution in [3.63, 3.8) is 0 Å². The van der Waals surface area contributed by atoms with Crippen LogP contribution < -0.4 is 5.32 Å². The molecule has 1 aromatic heterocycles. The zero-order valence-electron chi connectivity index (χ0n) is 10.9. The van der Waals surface area contributed by atoms with Crippen molar-refractivity contribution in [2.75, 3.05) is 12.3 Å². The number of hydrogen-bond donors (Lipinski definition) is 1. The van der Waals surface area contributed by atoms with E-state index >= 15 is 0 Å². The first-order valence-corrected chi connectivity index (χ1v) is 7.59. The fourth-order valence-electron chi connectivity index (χ4n) is 2.51. The van der Waals surface area contributed by atoms with Crippen LogP contribution in [0.3, 0.4) is 0 Å². The first-order valence-electron chi connectivity index (χ1n) is 6.60. The van der Waals surface area contributed by atoms with Crippen molar-refractivity contribution >= 4 is 11.8 Å². The lowest BCUT2D eigenvalue weighted by atomic mass is 9.86. The summed E-state index contributed by atoms with van der Waals surface area (Å²) in [5.74, 6) is 1.99. The number of hydrogen-bond acceptors (Lipinski definition) is 3. The second-order valence-electron chi connectivity index (χ2n) is 5.02. The summed E-state index contributed by atoms with van der Waals surface area (Å²) in [7, 11) is 1.96. The molecule has 1 fully saturated rings. The molecule has 96 valence electrons. The summed E-state index contributed by atoms with van der Waals surface area (Å²) >= 11 is 1.89. The lowest BCUT2D eigenvalue weighted by Gasteiger charge is -2.29. The number of aromatic nitrogens is 2. The maximum Gasteiger partial charge on any atom is 0.0625 e. The van der Waals surface area contributed by atoms with E-state index in [4.69, 9.17) is 0 Å². The Morgan fingerprint density at radius 2 is 2.29 bits per heavy atom. The smallest absolute Gasteiger partial charge is 0.0625 e. The largest absolute Gasteiger partial charge is 0.313 e. The molecular weight excluding hydrogens is 230 g/mol. The molecule has 4 heteroatoms. The highest BCUT2D eigenvalue weighted by molar-refractivity contribution is 7.99. The zero-order valence-corrected chi connectivity index (χ0v) is 11.7. The molecule has 17 heavy (non-hydrogen) atoms. The molecule has 1 saturated carbocycles. The molecule has 0 aliphatic heterocycles. The second kappa shape index (κ2) is 6.45. The van der Waals surface area contributed by atoms with Gasteiger partial charge in [-0.1, -0.05) is 19.8 Å². The molecule has 1 heterocycles. The van der Waals surface area contributed by atoms with Crippen LogP contribution in [0.5, 0.6) is 0 Å². The molecule has 1 aliphatic carbocycles. The van der Waals surface area contributed by atoms with Gasteiger partial charge in [-0.2, -0.15) is 5.10 Å². The van der Waals surface area contributed by atoms with Gasteiger partial charge < -0.3 is 5.32 Å². The van der Waals surface area contributed by atoms with Crippen LogP contribution in [0.4, 0.5) is 0 Å². The minimum absolute atomic E-state index is 0.748. The molecule has 0 aromatic carbocycles. The van der Waals surface area contributed by atoms with E-state index in [9.17, 15) is 0 Å². The van der Waals surface area contributed by atoms with Crippen molar-refractivity contribution in [3.8, 4) is 0 Å². The highest BCUT2D eigenvalue weighted by Gasteiger charge is 2.19. The van der Waals surface area contributed by atoms with Gasteiger partial charge in [-0.3, -0.25) is 4.68 Å². The van der Waals surface area contributed by atoms with Gasteiger partial charge in [0.2, 0.25) is 0 Å². The molecular formula is C13H23N3S. The maximum absolute atomic E-state index is 4.17. The standard InChI is InChI=1S/C13H23N3S/c1-11-5-3-4-6-13(11)14-7-8-17-12-9-15-16(2)10-12/h9-11,13-14H,3-8H2,1-2H3. The molecule has 1 N–H and O–H groups in total. The Kier molecular flexibility index (Phi) is 4.92. The Balaban J connectivity index is 1.62. The summed E-state index contributed by atoms with van der Waals surface area (Å²) in [5.41, 5.74) is 0. The highest BCUT2D eigenvalue weighted by Crippen LogP contribution is 2.23. The third-order valence-corrected chi connectivity index (χ3v) is 4.52. The summed E-state index contributed by atoms with van der Waals surface area (Å²) in [6, 6.07) is 0.748. The molecule has 1 aromatic rings. The van der Waals surface area contributed by atoms with Crippen LogP contribution in [0.15, 0.2) is 17.3 Å².